The van der Waals surface area contributed by atoms with E-state index in [1.54, 1.807) is 28.0 Å². The number of piperazine rings is 1. The summed E-state index contributed by atoms with van der Waals surface area (Å²) in [6.07, 6.45) is 0.249. The molecule has 0 aliphatic carbocycles. The minimum Gasteiger partial charge on any atom is -0.355 e. The van der Waals surface area contributed by atoms with E-state index in [0.717, 1.165) is 0 Å². The standard InChI is InChI=1S/C16H17Cl2N3O3/c17-12-5-10(6-13(18)8-12)15(23)20-1-3-21(4-2-20)16(24)11-7-14(22)19-9-11/h5-6,8,11H,1-4,7,9H2,(H,19,22). The van der Waals surface area contributed by atoms with Gasteiger partial charge in [0.2, 0.25) is 11.8 Å². The van der Waals surface area contributed by atoms with Crippen molar-refractivity contribution >= 4 is 40.9 Å². The molecule has 24 heavy (non-hydrogen) atoms. The molecule has 0 saturated carbocycles. The lowest BCUT2D eigenvalue weighted by Crippen LogP contribution is -2.52. The molecule has 6 nitrogen and oxygen atoms in total. The predicted molar refractivity (Wildman–Crippen MR) is 90.1 cm³/mol. The molecule has 128 valence electrons. The van der Waals surface area contributed by atoms with Crippen molar-refractivity contribution in [3.8, 4) is 0 Å². The molecular weight excluding hydrogens is 353 g/mol. The van der Waals surface area contributed by atoms with Crippen molar-refractivity contribution in [3.63, 3.8) is 0 Å². The third kappa shape index (κ3) is 3.65. The van der Waals surface area contributed by atoms with E-state index in [2.05, 4.69) is 5.32 Å². The highest BCUT2D eigenvalue weighted by atomic mass is 35.5. The van der Waals surface area contributed by atoms with Gasteiger partial charge in [-0.3, -0.25) is 14.4 Å². The molecule has 2 aliphatic rings. The normalized spacial score (nSPS) is 20.9. The Labute approximate surface area is 149 Å². The van der Waals surface area contributed by atoms with E-state index in [0.29, 0.717) is 48.3 Å². The molecule has 1 aromatic rings. The lowest BCUT2D eigenvalue weighted by Gasteiger charge is -2.35. The van der Waals surface area contributed by atoms with E-state index >= 15 is 0 Å². The van der Waals surface area contributed by atoms with Crippen LogP contribution in [0.25, 0.3) is 0 Å². The van der Waals surface area contributed by atoms with E-state index < -0.39 is 0 Å². The van der Waals surface area contributed by atoms with Crippen molar-refractivity contribution in [3.05, 3.63) is 33.8 Å². The number of amides is 3. The highest BCUT2D eigenvalue weighted by Gasteiger charge is 2.33. The Morgan fingerprint density at radius 2 is 1.58 bits per heavy atom. The van der Waals surface area contributed by atoms with E-state index in [4.69, 9.17) is 23.2 Å². The molecule has 1 aromatic carbocycles. The number of carbonyl (C=O) groups excluding carboxylic acids is 3. The number of halogens is 2. The van der Waals surface area contributed by atoms with Crippen LogP contribution < -0.4 is 5.32 Å². The van der Waals surface area contributed by atoms with Crippen molar-refractivity contribution in [1.29, 1.82) is 0 Å². The summed E-state index contributed by atoms with van der Waals surface area (Å²) in [6.45, 7) is 2.22. The lowest BCUT2D eigenvalue weighted by molar-refractivity contribution is -0.137. The maximum atomic E-state index is 12.5. The van der Waals surface area contributed by atoms with Crippen molar-refractivity contribution in [2.24, 2.45) is 5.92 Å². The Balaban J connectivity index is 1.59. The Hall–Kier alpha value is -1.79. The minimum absolute atomic E-state index is 0.0220. The number of rotatable bonds is 2. The van der Waals surface area contributed by atoms with E-state index in [9.17, 15) is 14.4 Å². The van der Waals surface area contributed by atoms with Gasteiger partial charge in [-0.15, -0.1) is 0 Å². The SMILES string of the molecule is O=C1CC(C(=O)N2CCN(C(=O)c3cc(Cl)cc(Cl)c3)CC2)CN1. The number of nitrogens with one attached hydrogen (secondary N) is 1. The van der Waals surface area contributed by atoms with Gasteiger partial charge in [0.25, 0.3) is 5.91 Å². The molecule has 3 rings (SSSR count). The molecule has 8 heteroatoms. The van der Waals surface area contributed by atoms with Gasteiger partial charge in [-0.25, -0.2) is 0 Å². The first-order valence-corrected chi connectivity index (χ1v) is 8.50. The van der Waals surface area contributed by atoms with Crippen LogP contribution in [-0.2, 0) is 9.59 Å². The summed E-state index contributed by atoms with van der Waals surface area (Å²) < 4.78 is 0. The van der Waals surface area contributed by atoms with Crippen LogP contribution in [0.1, 0.15) is 16.8 Å². The second-order valence-electron chi connectivity index (χ2n) is 5.98. The van der Waals surface area contributed by atoms with Crippen LogP contribution in [0.2, 0.25) is 10.0 Å². The van der Waals surface area contributed by atoms with Gasteiger partial charge < -0.3 is 15.1 Å². The Morgan fingerprint density at radius 1 is 1.00 bits per heavy atom. The summed E-state index contributed by atoms with van der Waals surface area (Å²) in [4.78, 5) is 39.6. The number of hydrogen-bond donors (Lipinski definition) is 1. The van der Waals surface area contributed by atoms with Crippen LogP contribution in [0.4, 0.5) is 0 Å². The van der Waals surface area contributed by atoms with Crippen molar-refractivity contribution in [2.45, 2.75) is 6.42 Å². The highest BCUT2D eigenvalue weighted by molar-refractivity contribution is 6.35. The van der Waals surface area contributed by atoms with Crippen LogP contribution in [0.5, 0.6) is 0 Å². The summed E-state index contributed by atoms with van der Waals surface area (Å²) in [6, 6.07) is 4.75. The monoisotopic (exact) mass is 369 g/mol. The molecule has 2 aliphatic heterocycles. The van der Waals surface area contributed by atoms with Gasteiger partial charge in [0, 0.05) is 54.8 Å². The molecular formula is C16H17Cl2N3O3. The lowest BCUT2D eigenvalue weighted by atomic mass is 10.1. The molecule has 1 unspecified atom stereocenters. The van der Waals surface area contributed by atoms with Crippen molar-refractivity contribution in [1.82, 2.24) is 15.1 Å². The zero-order valence-corrected chi connectivity index (χ0v) is 14.4. The fourth-order valence-corrected chi connectivity index (χ4v) is 3.55. The largest absolute Gasteiger partial charge is 0.355 e. The van der Waals surface area contributed by atoms with Crippen LogP contribution >= 0.6 is 23.2 Å². The smallest absolute Gasteiger partial charge is 0.254 e. The number of hydrogen-bond acceptors (Lipinski definition) is 3. The van der Waals surface area contributed by atoms with Gasteiger partial charge >= 0.3 is 0 Å². The fourth-order valence-electron chi connectivity index (χ4n) is 3.03. The first-order valence-electron chi connectivity index (χ1n) is 7.75. The predicted octanol–water partition coefficient (Wildman–Crippen LogP) is 1.41. The topological polar surface area (TPSA) is 69.7 Å². The maximum absolute atomic E-state index is 12.5. The van der Waals surface area contributed by atoms with Crippen LogP contribution in [0.15, 0.2) is 18.2 Å². The molecule has 0 spiro atoms. The summed E-state index contributed by atoms with van der Waals surface area (Å²) in [7, 11) is 0. The maximum Gasteiger partial charge on any atom is 0.254 e. The Kier molecular flexibility index (Phi) is 4.96. The molecule has 1 N–H and O–H groups in total. The van der Waals surface area contributed by atoms with Crippen LogP contribution in [0.3, 0.4) is 0 Å². The molecule has 0 bridgehead atoms. The van der Waals surface area contributed by atoms with Gasteiger partial charge in [0.05, 0.1) is 5.92 Å². The van der Waals surface area contributed by atoms with Crippen LogP contribution in [-0.4, -0.2) is 60.2 Å². The summed E-state index contributed by atoms with van der Waals surface area (Å²) in [5.41, 5.74) is 0.442. The average Bonchev–Trinajstić information content (AvgIpc) is 2.99. The van der Waals surface area contributed by atoms with Crippen molar-refractivity contribution < 1.29 is 14.4 Å². The molecule has 3 amide bonds. The average molecular weight is 370 g/mol. The first-order chi connectivity index (χ1) is 11.4. The quantitative estimate of drug-likeness (QED) is 0.856. The molecule has 2 fully saturated rings. The van der Waals surface area contributed by atoms with E-state index in [1.165, 1.54) is 0 Å². The second-order valence-corrected chi connectivity index (χ2v) is 6.85. The van der Waals surface area contributed by atoms with Gasteiger partial charge in [-0.2, -0.15) is 0 Å². The molecule has 0 radical (unpaired) electrons. The first kappa shape index (κ1) is 17.0. The molecule has 2 saturated heterocycles. The third-order valence-electron chi connectivity index (χ3n) is 4.31. The van der Waals surface area contributed by atoms with Gasteiger partial charge in [-0.1, -0.05) is 23.2 Å². The second kappa shape index (κ2) is 6.99. The molecule has 0 aromatic heterocycles. The minimum atomic E-state index is -0.286. The fraction of sp³-hybridized carbons (Fsp3) is 0.438. The number of carbonyl (C=O) groups is 3. The Bertz CT molecular complexity index is 667. The van der Waals surface area contributed by atoms with E-state index in [1.807, 2.05) is 0 Å². The van der Waals surface area contributed by atoms with Gasteiger partial charge in [-0.05, 0) is 18.2 Å². The molecule has 1 atom stereocenters. The highest BCUT2D eigenvalue weighted by Crippen LogP contribution is 2.21. The van der Waals surface area contributed by atoms with E-state index in [-0.39, 0.29) is 30.1 Å². The van der Waals surface area contributed by atoms with Gasteiger partial charge in [0.1, 0.15) is 0 Å². The third-order valence-corrected chi connectivity index (χ3v) is 4.75. The van der Waals surface area contributed by atoms with Crippen LogP contribution in [0, 0.1) is 5.92 Å². The molecule has 2 heterocycles. The zero-order chi connectivity index (χ0) is 17.3. The number of nitrogens with zero attached hydrogens (tertiary/aromatic N) is 2. The number of benzene rings is 1. The summed E-state index contributed by atoms with van der Waals surface area (Å²) >= 11 is 11.9. The zero-order valence-electron chi connectivity index (χ0n) is 12.9. The van der Waals surface area contributed by atoms with Gasteiger partial charge in [0.15, 0.2) is 0 Å². The Morgan fingerprint density at radius 3 is 2.12 bits per heavy atom. The summed E-state index contributed by atoms with van der Waals surface area (Å²) in [5, 5.41) is 3.50. The van der Waals surface area contributed by atoms with Crippen molar-refractivity contribution in [2.75, 3.05) is 32.7 Å². The summed E-state index contributed by atoms with van der Waals surface area (Å²) in [5.74, 6) is -0.540.